The smallest absolute Gasteiger partial charge is 0.163 e. The molecule has 7 heteroatoms. The van der Waals surface area contributed by atoms with Crippen LogP contribution < -0.4 is 0 Å². The van der Waals surface area contributed by atoms with Gasteiger partial charge in [0, 0.05) is 14.1 Å². The van der Waals surface area contributed by atoms with Gasteiger partial charge in [-0.3, -0.25) is 4.99 Å². The van der Waals surface area contributed by atoms with Gasteiger partial charge in [-0.2, -0.15) is 0 Å². The van der Waals surface area contributed by atoms with E-state index in [9.17, 15) is 4.39 Å². The van der Waals surface area contributed by atoms with Crippen molar-refractivity contribution in [2.75, 3.05) is 26.6 Å². The van der Waals surface area contributed by atoms with Crippen LogP contribution in [0.3, 0.4) is 0 Å². The Labute approximate surface area is 123 Å². The summed E-state index contributed by atoms with van der Waals surface area (Å²) in [6, 6.07) is 0. The standard InChI is InChI=1S/C13H23FN2O3S/c1-8(14)10-11-9(18-13(2,3)19-11)6-15-12(16(4)5)20-7-17-10/h8-11H,6-7H2,1-5H3/t8-,9+,10+,11-/m0/s1. The molecule has 2 aliphatic heterocycles. The molecule has 0 aliphatic carbocycles. The number of halogens is 1. The van der Waals surface area contributed by atoms with Gasteiger partial charge in [-0.15, -0.1) is 0 Å². The molecule has 2 rings (SSSR count). The third kappa shape index (κ3) is 3.63. The lowest BCUT2D eigenvalue weighted by Gasteiger charge is -2.26. The maximum atomic E-state index is 13.9. The van der Waals surface area contributed by atoms with Gasteiger partial charge in [-0.1, -0.05) is 11.8 Å². The Kier molecular flexibility index (Phi) is 4.94. The van der Waals surface area contributed by atoms with Gasteiger partial charge in [0.15, 0.2) is 11.0 Å². The monoisotopic (exact) mass is 306 g/mol. The van der Waals surface area contributed by atoms with Crippen LogP contribution in [0.4, 0.5) is 4.39 Å². The molecule has 0 aromatic heterocycles. The van der Waals surface area contributed by atoms with Gasteiger partial charge >= 0.3 is 0 Å². The normalized spacial score (nSPS) is 35.3. The Hall–Kier alpha value is -0.370. The molecule has 116 valence electrons. The van der Waals surface area contributed by atoms with E-state index in [1.807, 2.05) is 32.8 Å². The second-order valence-corrected chi connectivity index (χ2v) is 6.62. The second-order valence-electron chi connectivity index (χ2n) is 5.73. The molecule has 0 spiro atoms. The Bertz CT molecular complexity index is 377. The van der Waals surface area contributed by atoms with E-state index < -0.39 is 24.2 Å². The molecule has 5 nitrogen and oxygen atoms in total. The zero-order valence-electron chi connectivity index (χ0n) is 12.6. The van der Waals surface area contributed by atoms with E-state index in [0.717, 1.165) is 5.17 Å². The Morgan fingerprint density at radius 1 is 1.40 bits per heavy atom. The lowest BCUT2D eigenvalue weighted by atomic mass is 10.0. The third-order valence-corrected chi connectivity index (χ3v) is 4.24. The van der Waals surface area contributed by atoms with Gasteiger partial charge in [0.1, 0.15) is 30.4 Å². The highest BCUT2D eigenvalue weighted by atomic mass is 32.2. The van der Waals surface area contributed by atoms with Gasteiger partial charge in [-0.25, -0.2) is 4.39 Å². The molecule has 0 bridgehead atoms. The van der Waals surface area contributed by atoms with Crippen molar-refractivity contribution in [2.45, 2.75) is 51.0 Å². The predicted octanol–water partition coefficient (Wildman–Crippen LogP) is 1.87. The average Bonchev–Trinajstić information content (AvgIpc) is 2.64. The van der Waals surface area contributed by atoms with Crippen molar-refractivity contribution in [3.05, 3.63) is 0 Å². The topological polar surface area (TPSA) is 43.3 Å². The highest BCUT2D eigenvalue weighted by Gasteiger charge is 2.47. The van der Waals surface area contributed by atoms with E-state index in [1.54, 1.807) is 0 Å². The van der Waals surface area contributed by atoms with E-state index in [4.69, 9.17) is 14.2 Å². The fourth-order valence-electron chi connectivity index (χ4n) is 2.42. The summed E-state index contributed by atoms with van der Waals surface area (Å²) >= 11 is 1.45. The molecule has 0 N–H and O–H groups in total. The summed E-state index contributed by atoms with van der Waals surface area (Å²) in [5.74, 6) is -0.380. The summed E-state index contributed by atoms with van der Waals surface area (Å²) in [4.78, 5) is 6.46. The first kappa shape index (κ1) is 16.0. The highest BCUT2D eigenvalue weighted by molar-refractivity contribution is 8.13. The molecule has 4 atom stereocenters. The molecule has 0 unspecified atom stereocenters. The Balaban J connectivity index is 2.21. The summed E-state index contributed by atoms with van der Waals surface area (Å²) < 4.78 is 31.2. The molecule has 0 radical (unpaired) electrons. The fourth-order valence-corrected chi connectivity index (χ4v) is 3.18. The number of amidine groups is 1. The van der Waals surface area contributed by atoms with Crippen LogP contribution in [-0.4, -0.2) is 66.9 Å². The number of nitrogens with zero attached hydrogens (tertiary/aromatic N) is 2. The van der Waals surface area contributed by atoms with Crippen LogP contribution in [0.1, 0.15) is 20.8 Å². The van der Waals surface area contributed by atoms with Crippen LogP contribution in [0.15, 0.2) is 4.99 Å². The van der Waals surface area contributed by atoms with Crippen LogP contribution in [0.25, 0.3) is 0 Å². The van der Waals surface area contributed by atoms with Crippen molar-refractivity contribution < 1.29 is 18.6 Å². The van der Waals surface area contributed by atoms with Crippen LogP contribution in [0, 0.1) is 0 Å². The first-order valence-electron chi connectivity index (χ1n) is 6.76. The third-order valence-electron chi connectivity index (χ3n) is 3.24. The zero-order chi connectivity index (χ0) is 14.9. The van der Waals surface area contributed by atoms with Crippen molar-refractivity contribution in [1.82, 2.24) is 4.90 Å². The lowest BCUT2D eigenvalue weighted by molar-refractivity contribution is -0.162. The number of thioether (sulfide) groups is 1. The number of hydrogen-bond acceptors (Lipinski definition) is 6. The number of aliphatic imine (C=N–C) groups is 1. The number of fused-ring (bicyclic) bond motifs is 1. The van der Waals surface area contributed by atoms with Gasteiger partial charge in [0.05, 0.1) is 6.54 Å². The van der Waals surface area contributed by atoms with Crippen molar-refractivity contribution in [2.24, 2.45) is 4.99 Å². The molecule has 1 fully saturated rings. The minimum Gasteiger partial charge on any atom is -0.361 e. The molecular weight excluding hydrogens is 283 g/mol. The first-order chi connectivity index (χ1) is 9.30. The highest BCUT2D eigenvalue weighted by Crippen LogP contribution is 2.34. The SMILES string of the molecule is C[C@H](F)[C@H]1OCSC(N(C)C)=NC[C@H]2OC(C)(C)O[C@H]12. The second kappa shape index (κ2) is 6.17. The zero-order valence-corrected chi connectivity index (χ0v) is 13.4. The average molecular weight is 306 g/mol. The van der Waals surface area contributed by atoms with Gasteiger partial charge in [0.2, 0.25) is 0 Å². The molecule has 2 aliphatic rings. The molecule has 1 saturated heterocycles. The number of rotatable bonds is 1. The first-order valence-corrected chi connectivity index (χ1v) is 7.74. The van der Waals surface area contributed by atoms with Crippen LogP contribution >= 0.6 is 11.8 Å². The molecule has 0 saturated carbocycles. The number of ether oxygens (including phenoxy) is 3. The Morgan fingerprint density at radius 3 is 2.70 bits per heavy atom. The fraction of sp³-hybridized carbons (Fsp3) is 0.923. The quantitative estimate of drug-likeness (QED) is 0.740. The van der Waals surface area contributed by atoms with E-state index >= 15 is 0 Å². The van der Waals surface area contributed by atoms with E-state index in [2.05, 4.69) is 4.99 Å². The van der Waals surface area contributed by atoms with E-state index in [1.165, 1.54) is 18.7 Å². The maximum Gasteiger partial charge on any atom is 0.163 e. The maximum absolute atomic E-state index is 13.9. The molecule has 0 aromatic carbocycles. The summed E-state index contributed by atoms with van der Waals surface area (Å²) in [5, 5.41) is 0.851. The van der Waals surface area contributed by atoms with Crippen molar-refractivity contribution in [3.8, 4) is 0 Å². The van der Waals surface area contributed by atoms with Crippen molar-refractivity contribution >= 4 is 16.9 Å². The lowest BCUT2D eigenvalue weighted by Crippen LogP contribution is -2.43. The van der Waals surface area contributed by atoms with Gasteiger partial charge in [0.25, 0.3) is 0 Å². The van der Waals surface area contributed by atoms with E-state index in [0.29, 0.717) is 12.5 Å². The van der Waals surface area contributed by atoms with Gasteiger partial charge in [-0.05, 0) is 20.8 Å². The molecule has 0 amide bonds. The van der Waals surface area contributed by atoms with E-state index in [-0.39, 0.29) is 6.10 Å². The minimum absolute atomic E-state index is 0.290. The van der Waals surface area contributed by atoms with Crippen molar-refractivity contribution in [1.29, 1.82) is 0 Å². The Morgan fingerprint density at radius 2 is 2.10 bits per heavy atom. The number of alkyl halides is 1. The summed E-state index contributed by atoms with van der Waals surface area (Å²) in [7, 11) is 3.85. The largest absolute Gasteiger partial charge is 0.361 e. The molecule has 20 heavy (non-hydrogen) atoms. The molecular formula is C13H23FN2O3S. The molecule has 2 heterocycles. The number of hydrogen-bond donors (Lipinski definition) is 0. The van der Waals surface area contributed by atoms with Crippen LogP contribution in [0.2, 0.25) is 0 Å². The van der Waals surface area contributed by atoms with Crippen molar-refractivity contribution in [3.63, 3.8) is 0 Å². The summed E-state index contributed by atoms with van der Waals surface area (Å²) in [6.45, 7) is 5.60. The predicted molar refractivity (Wildman–Crippen MR) is 77.7 cm³/mol. The van der Waals surface area contributed by atoms with Crippen LogP contribution in [0.5, 0.6) is 0 Å². The molecule has 0 aromatic rings. The minimum atomic E-state index is -1.12. The summed E-state index contributed by atoms with van der Waals surface area (Å²) in [6.07, 6.45) is -2.48. The van der Waals surface area contributed by atoms with Gasteiger partial charge < -0.3 is 19.1 Å². The van der Waals surface area contributed by atoms with Crippen LogP contribution in [-0.2, 0) is 14.2 Å². The summed E-state index contributed by atoms with van der Waals surface area (Å²) in [5.41, 5.74) is 0.